The maximum atomic E-state index is 11.6. The van der Waals surface area contributed by atoms with Gasteiger partial charge in [-0.1, -0.05) is 6.07 Å². The summed E-state index contributed by atoms with van der Waals surface area (Å²) >= 11 is 0. The van der Waals surface area contributed by atoms with Gasteiger partial charge in [0.25, 0.3) is 5.56 Å². The molecule has 0 spiro atoms. The maximum absolute atomic E-state index is 11.6. The van der Waals surface area contributed by atoms with E-state index in [1.54, 1.807) is 6.92 Å². The van der Waals surface area contributed by atoms with Gasteiger partial charge in [-0.25, -0.2) is 4.68 Å². The minimum atomic E-state index is -0.0406. The number of pyridine rings is 1. The fourth-order valence-corrected chi connectivity index (χ4v) is 1.04. The van der Waals surface area contributed by atoms with Gasteiger partial charge in [0, 0.05) is 17.0 Å². The maximum Gasteiger partial charge on any atom is 0.274 e. The van der Waals surface area contributed by atoms with Crippen LogP contribution in [0.15, 0.2) is 22.0 Å². The molecule has 0 bridgehead atoms. The zero-order valence-corrected chi connectivity index (χ0v) is 8.46. The Bertz CT molecular complexity index is 398. The number of hydrogen-bond acceptors (Lipinski definition) is 2. The molecule has 0 fully saturated rings. The summed E-state index contributed by atoms with van der Waals surface area (Å²) in [5, 5.41) is 4.14. The van der Waals surface area contributed by atoms with E-state index in [9.17, 15) is 4.79 Å². The zero-order chi connectivity index (χ0) is 10.0. The second-order valence-corrected chi connectivity index (χ2v) is 3.32. The average Bonchev–Trinajstić information content (AvgIpc) is 2.05. The highest BCUT2D eigenvalue weighted by Crippen LogP contribution is 1.97. The van der Waals surface area contributed by atoms with E-state index in [1.807, 2.05) is 32.9 Å². The van der Waals surface area contributed by atoms with E-state index in [0.29, 0.717) is 0 Å². The Morgan fingerprint density at radius 3 is 2.46 bits per heavy atom. The van der Waals surface area contributed by atoms with Crippen molar-refractivity contribution < 1.29 is 0 Å². The molecule has 0 saturated carbocycles. The molecular weight excluding hydrogens is 164 g/mol. The molecule has 1 aromatic rings. The first-order valence-corrected chi connectivity index (χ1v) is 4.24. The molecule has 0 radical (unpaired) electrons. The van der Waals surface area contributed by atoms with Crippen LogP contribution in [-0.2, 0) is 0 Å². The van der Waals surface area contributed by atoms with Crippen LogP contribution in [0.4, 0.5) is 0 Å². The van der Waals surface area contributed by atoms with E-state index in [2.05, 4.69) is 5.10 Å². The van der Waals surface area contributed by atoms with Crippen molar-refractivity contribution in [2.45, 2.75) is 27.7 Å². The lowest BCUT2D eigenvalue weighted by Gasteiger charge is -2.04. The van der Waals surface area contributed by atoms with Crippen molar-refractivity contribution in [3.8, 4) is 0 Å². The van der Waals surface area contributed by atoms with Gasteiger partial charge >= 0.3 is 0 Å². The summed E-state index contributed by atoms with van der Waals surface area (Å²) in [4.78, 5) is 11.6. The molecule has 0 aliphatic carbocycles. The van der Waals surface area contributed by atoms with Crippen molar-refractivity contribution in [1.82, 2.24) is 4.68 Å². The summed E-state index contributed by atoms with van der Waals surface area (Å²) in [6.07, 6.45) is 0. The Morgan fingerprint density at radius 1 is 1.31 bits per heavy atom. The molecule has 70 valence electrons. The lowest BCUT2D eigenvalue weighted by molar-refractivity contribution is 0.779. The lowest BCUT2D eigenvalue weighted by Crippen LogP contribution is -2.21. The van der Waals surface area contributed by atoms with Crippen LogP contribution in [0, 0.1) is 13.8 Å². The Balaban J connectivity index is 3.43. The summed E-state index contributed by atoms with van der Waals surface area (Å²) in [7, 11) is 0. The third kappa shape index (κ3) is 2.05. The Morgan fingerprint density at radius 2 is 1.92 bits per heavy atom. The van der Waals surface area contributed by atoms with Gasteiger partial charge in [0.1, 0.15) is 0 Å². The van der Waals surface area contributed by atoms with E-state index in [1.165, 1.54) is 4.68 Å². The molecule has 3 heteroatoms. The molecule has 3 nitrogen and oxygen atoms in total. The van der Waals surface area contributed by atoms with Gasteiger partial charge in [-0.05, 0) is 33.8 Å². The van der Waals surface area contributed by atoms with Gasteiger partial charge in [0.2, 0.25) is 0 Å². The second-order valence-electron chi connectivity index (χ2n) is 3.32. The first kappa shape index (κ1) is 9.71. The molecule has 13 heavy (non-hydrogen) atoms. The summed E-state index contributed by atoms with van der Waals surface area (Å²) in [6.45, 7) is 7.40. The van der Waals surface area contributed by atoms with Crippen LogP contribution in [-0.4, -0.2) is 10.4 Å². The first-order valence-electron chi connectivity index (χ1n) is 4.24. The topological polar surface area (TPSA) is 34.4 Å². The first-order chi connectivity index (χ1) is 6.02. The number of rotatable bonds is 1. The standard InChI is InChI=1S/C10H14N2O/c1-7(2)11-12-9(4)6-5-8(3)10(12)13/h5-6H,1-4H3. The summed E-state index contributed by atoms with van der Waals surface area (Å²) in [5.74, 6) is 0. The quantitative estimate of drug-likeness (QED) is 0.603. The molecule has 0 aromatic carbocycles. The van der Waals surface area contributed by atoms with Crippen molar-refractivity contribution in [3.63, 3.8) is 0 Å². The zero-order valence-electron chi connectivity index (χ0n) is 8.46. The summed E-state index contributed by atoms with van der Waals surface area (Å²) in [5.41, 5.74) is 2.41. The molecule has 1 heterocycles. The smallest absolute Gasteiger partial charge is 0.267 e. The average molecular weight is 178 g/mol. The van der Waals surface area contributed by atoms with Gasteiger partial charge in [0.15, 0.2) is 0 Å². The summed E-state index contributed by atoms with van der Waals surface area (Å²) in [6, 6.07) is 3.71. The Hall–Kier alpha value is -1.38. The van der Waals surface area contributed by atoms with Crippen molar-refractivity contribution >= 4 is 5.71 Å². The molecular formula is C10H14N2O. The third-order valence-corrected chi connectivity index (χ3v) is 1.74. The monoisotopic (exact) mass is 178 g/mol. The highest BCUT2D eigenvalue weighted by molar-refractivity contribution is 5.78. The third-order valence-electron chi connectivity index (χ3n) is 1.74. The van der Waals surface area contributed by atoms with Crippen molar-refractivity contribution in [3.05, 3.63) is 33.7 Å². The molecule has 0 amide bonds. The predicted octanol–water partition coefficient (Wildman–Crippen LogP) is 1.71. The van der Waals surface area contributed by atoms with E-state index in [-0.39, 0.29) is 5.56 Å². The van der Waals surface area contributed by atoms with Crippen LogP contribution < -0.4 is 5.56 Å². The van der Waals surface area contributed by atoms with Crippen molar-refractivity contribution in [1.29, 1.82) is 0 Å². The minimum absolute atomic E-state index is 0.0406. The molecule has 0 saturated heterocycles. The SMILES string of the molecule is CC(C)=Nn1c(C)ccc(C)c1=O. The molecule has 0 N–H and O–H groups in total. The molecule has 0 aliphatic rings. The predicted molar refractivity (Wildman–Crippen MR) is 54.4 cm³/mol. The molecule has 0 aliphatic heterocycles. The van der Waals surface area contributed by atoms with Gasteiger partial charge in [-0.2, -0.15) is 5.10 Å². The second kappa shape index (κ2) is 3.56. The number of hydrogen-bond donors (Lipinski definition) is 0. The van der Waals surface area contributed by atoms with Crippen LogP contribution >= 0.6 is 0 Å². The fraction of sp³-hybridized carbons (Fsp3) is 0.400. The minimum Gasteiger partial charge on any atom is -0.267 e. The van der Waals surface area contributed by atoms with Crippen LogP contribution in [0.25, 0.3) is 0 Å². The van der Waals surface area contributed by atoms with Crippen molar-refractivity contribution in [2.24, 2.45) is 5.10 Å². The molecule has 1 rings (SSSR count). The fourth-order valence-electron chi connectivity index (χ4n) is 1.04. The largest absolute Gasteiger partial charge is 0.274 e. The lowest BCUT2D eigenvalue weighted by atomic mass is 10.3. The molecule has 1 aromatic heterocycles. The van der Waals surface area contributed by atoms with Crippen LogP contribution in [0.2, 0.25) is 0 Å². The van der Waals surface area contributed by atoms with Crippen LogP contribution in [0.5, 0.6) is 0 Å². The van der Waals surface area contributed by atoms with Crippen LogP contribution in [0.3, 0.4) is 0 Å². The van der Waals surface area contributed by atoms with Gasteiger partial charge in [0.05, 0.1) is 0 Å². The van der Waals surface area contributed by atoms with Crippen LogP contribution in [0.1, 0.15) is 25.1 Å². The van der Waals surface area contributed by atoms with Crippen molar-refractivity contribution in [2.75, 3.05) is 0 Å². The number of nitrogens with zero attached hydrogens (tertiary/aromatic N) is 2. The normalized spacial score (nSPS) is 9.85. The van der Waals surface area contributed by atoms with E-state index < -0.39 is 0 Å². The molecule has 0 atom stereocenters. The highest BCUT2D eigenvalue weighted by Gasteiger charge is 2.00. The molecule has 0 unspecified atom stereocenters. The summed E-state index contributed by atoms with van der Waals surface area (Å²) < 4.78 is 1.44. The number of aryl methyl sites for hydroxylation is 2. The van der Waals surface area contributed by atoms with E-state index >= 15 is 0 Å². The highest BCUT2D eigenvalue weighted by atomic mass is 16.1. The van der Waals surface area contributed by atoms with E-state index in [4.69, 9.17) is 0 Å². The Labute approximate surface area is 77.7 Å². The van der Waals surface area contributed by atoms with Gasteiger partial charge in [-0.15, -0.1) is 0 Å². The Kier molecular flexibility index (Phi) is 2.66. The van der Waals surface area contributed by atoms with Gasteiger partial charge < -0.3 is 0 Å². The van der Waals surface area contributed by atoms with Gasteiger partial charge in [-0.3, -0.25) is 4.79 Å². The van der Waals surface area contributed by atoms with E-state index in [0.717, 1.165) is 17.0 Å². The number of aromatic nitrogens is 1.